The molecule has 0 aliphatic carbocycles. The van der Waals surface area contributed by atoms with E-state index in [1.165, 1.54) is 6.42 Å². The molecule has 0 bridgehead atoms. The van der Waals surface area contributed by atoms with Crippen LogP contribution in [0.5, 0.6) is 0 Å². The van der Waals surface area contributed by atoms with Gasteiger partial charge < -0.3 is 10.6 Å². The Hall–Kier alpha value is -0.0800. The van der Waals surface area contributed by atoms with Crippen LogP contribution in [-0.2, 0) is 0 Å². The molecule has 0 atom stereocenters. The molecule has 0 aromatic heterocycles. The molecular formula is C10H24N2. The standard InChI is InChI=1S/C10H24N2/c1-5-10(3,4)9-12(6-2)8-7-11/h5-9,11H2,1-4H3. The monoisotopic (exact) mass is 172 g/mol. The predicted molar refractivity (Wildman–Crippen MR) is 55.2 cm³/mol. The first-order chi connectivity index (χ1) is 5.55. The lowest BCUT2D eigenvalue weighted by Crippen LogP contribution is -2.37. The van der Waals surface area contributed by atoms with Gasteiger partial charge in [0, 0.05) is 19.6 Å². The zero-order chi connectivity index (χ0) is 9.61. The van der Waals surface area contributed by atoms with Gasteiger partial charge in [-0.25, -0.2) is 0 Å². The largest absolute Gasteiger partial charge is 0.329 e. The van der Waals surface area contributed by atoms with Gasteiger partial charge in [0.1, 0.15) is 0 Å². The summed E-state index contributed by atoms with van der Waals surface area (Å²) in [6, 6.07) is 0. The van der Waals surface area contributed by atoms with E-state index in [-0.39, 0.29) is 0 Å². The van der Waals surface area contributed by atoms with Crippen LogP contribution in [0.4, 0.5) is 0 Å². The van der Waals surface area contributed by atoms with Crippen molar-refractivity contribution in [1.29, 1.82) is 0 Å². The summed E-state index contributed by atoms with van der Waals surface area (Å²) in [5, 5.41) is 0. The Labute approximate surface area is 77.1 Å². The fourth-order valence-electron chi connectivity index (χ4n) is 1.25. The molecular weight excluding hydrogens is 148 g/mol. The van der Waals surface area contributed by atoms with E-state index >= 15 is 0 Å². The van der Waals surface area contributed by atoms with Crippen LogP contribution in [0.15, 0.2) is 0 Å². The zero-order valence-electron chi connectivity index (χ0n) is 9.06. The smallest absolute Gasteiger partial charge is 0.0105 e. The van der Waals surface area contributed by atoms with Crippen LogP contribution < -0.4 is 5.73 Å². The summed E-state index contributed by atoms with van der Waals surface area (Å²) in [7, 11) is 0. The van der Waals surface area contributed by atoms with E-state index in [2.05, 4.69) is 32.6 Å². The van der Waals surface area contributed by atoms with E-state index in [1.807, 2.05) is 0 Å². The molecule has 0 aliphatic heterocycles. The van der Waals surface area contributed by atoms with Crippen molar-refractivity contribution in [2.45, 2.75) is 34.1 Å². The first kappa shape index (κ1) is 11.9. The summed E-state index contributed by atoms with van der Waals surface area (Å²) in [5.74, 6) is 0. The van der Waals surface area contributed by atoms with Crippen molar-refractivity contribution < 1.29 is 0 Å². The van der Waals surface area contributed by atoms with Crippen molar-refractivity contribution >= 4 is 0 Å². The first-order valence-corrected chi connectivity index (χ1v) is 4.98. The van der Waals surface area contributed by atoms with E-state index in [4.69, 9.17) is 5.73 Å². The van der Waals surface area contributed by atoms with Crippen molar-refractivity contribution in [2.75, 3.05) is 26.2 Å². The van der Waals surface area contributed by atoms with Crippen LogP contribution in [0.3, 0.4) is 0 Å². The highest BCUT2D eigenvalue weighted by atomic mass is 15.1. The highest BCUT2D eigenvalue weighted by Crippen LogP contribution is 2.20. The van der Waals surface area contributed by atoms with Gasteiger partial charge in [0.2, 0.25) is 0 Å². The van der Waals surface area contributed by atoms with Gasteiger partial charge in [-0.05, 0) is 18.4 Å². The molecule has 2 nitrogen and oxygen atoms in total. The summed E-state index contributed by atoms with van der Waals surface area (Å²) in [6.45, 7) is 13.1. The summed E-state index contributed by atoms with van der Waals surface area (Å²) < 4.78 is 0. The second-order valence-electron chi connectivity index (χ2n) is 4.18. The molecule has 0 aromatic rings. The fourth-order valence-corrected chi connectivity index (χ4v) is 1.25. The van der Waals surface area contributed by atoms with Gasteiger partial charge in [0.15, 0.2) is 0 Å². The van der Waals surface area contributed by atoms with Gasteiger partial charge in [-0.2, -0.15) is 0 Å². The molecule has 0 fully saturated rings. The van der Waals surface area contributed by atoms with Crippen molar-refractivity contribution in [3.05, 3.63) is 0 Å². The van der Waals surface area contributed by atoms with Gasteiger partial charge in [0.25, 0.3) is 0 Å². The molecule has 0 aliphatic rings. The van der Waals surface area contributed by atoms with Crippen LogP contribution in [0, 0.1) is 5.41 Å². The number of nitrogens with zero attached hydrogens (tertiary/aromatic N) is 1. The number of nitrogens with two attached hydrogens (primary N) is 1. The summed E-state index contributed by atoms with van der Waals surface area (Å²) in [6.07, 6.45) is 1.23. The number of rotatable bonds is 6. The minimum Gasteiger partial charge on any atom is -0.329 e. The maximum Gasteiger partial charge on any atom is 0.0105 e. The van der Waals surface area contributed by atoms with E-state index in [0.717, 1.165) is 26.2 Å². The highest BCUT2D eigenvalue weighted by molar-refractivity contribution is 4.71. The molecule has 0 radical (unpaired) electrons. The lowest BCUT2D eigenvalue weighted by Gasteiger charge is -2.30. The second kappa shape index (κ2) is 5.55. The lowest BCUT2D eigenvalue weighted by molar-refractivity contribution is 0.184. The molecule has 0 rings (SSSR count). The number of hydrogen-bond donors (Lipinski definition) is 1. The fraction of sp³-hybridized carbons (Fsp3) is 1.00. The molecule has 0 heterocycles. The average molecular weight is 172 g/mol. The van der Waals surface area contributed by atoms with Crippen molar-refractivity contribution in [3.63, 3.8) is 0 Å². The number of hydrogen-bond acceptors (Lipinski definition) is 2. The predicted octanol–water partition coefficient (Wildman–Crippen LogP) is 1.70. The molecule has 0 spiro atoms. The quantitative estimate of drug-likeness (QED) is 0.661. The zero-order valence-corrected chi connectivity index (χ0v) is 9.06. The second-order valence-corrected chi connectivity index (χ2v) is 4.18. The van der Waals surface area contributed by atoms with Crippen LogP contribution in [0.1, 0.15) is 34.1 Å². The highest BCUT2D eigenvalue weighted by Gasteiger charge is 2.17. The van der Waals surface area contributed by atoms with E-state index < -0.39 is 0 Å². The minimum atomic E-state index is 0.436. The molecule has 0 saturated carbocycles. The normalized spacial score (nSPS) is 12.5. The Bertz CT molecular complexity index is 110. The molecule has 0 unspecified atom stereocenters. The van der Waals surface area contributed by atoms with Crippen molar-refractivity contribution in [2.24, 2.45) is 11.1 Å². The average Bonchev–Trinajstić information content (AvgIpc) is 2.03. The van der Waals surface area contributed by atoms with Crippen molar-refractivity contribution in [3.8, 4) is 0 Å². The summed E-state index contributed by atoms with van der Waals surface area (Å²) in [5.41, 5.74) is 5.96. The molecule has 74 valence electrons. The maximum atomic E-state index is 5.52. The Balaban J connectivity index is 3.83. The van der Waals surface area contributed by atoms with Gasteiger partial charge in [0.05, 0.1) is 0 Å². The van der Waals surface area contributed by atoms with Gasteiger partial charge in [-0.3, -0.25) is 0 Å². The molecule has 2 heteroatoms. The molecule has 0 amide bonds. The third-order valence-corrected chi connectivity index (χ3v) is 2.50. The Kier molecular flexibility index (Phi) is 5.51. The topological polar surface area (TPSA) is 29.3 Å². The van der Waals surface area contributed by atoms with Gasteiger partial charge in [-0.15, -0.1) is 0 Å². The van der Waals surface area contributed by atoms with Crippen LogP contribution >= 0.6 is 0 Å². The SMILES string of the molecule is CCN(CCN)CC(C)(C)CC. The van der Waals surface area contributed by atoms with Crippen molar-refractivity contribution in [1.82, 2.24) is 4.90 Å². The molecule has 0 saturated heterocycles. The summed E-state index contributed by atoms with van der Waals surface area (Å²) in [4.78, 5) is 2.42. The van der Waals surface area contributed by atoms with E-state index in [1.54, 1.807) is 0 Å². The Morgan fingerprint density at radius 3 is 2.17 bits per heavy atom. The van der Waals surface area contributed by atoms with Crippen LogP contribution in [-0.4, -0.2) is 31.1 Å². The lowest BCUT2D eigenvalue weighted by atomic mass is 9.89. The van der Waals surface area contributed by atoms with Crippen LogP contribution in [0.25, 0.3) is 0 Å². The molecule has 2 N–H and O–H groups in total. The summed E-state index contributed by atoms with van der Waals surface area (Å²) >= 11 is 0. The third kappa shape index (κ3) is 4.73. The first-order valence-electron chi connectivity index (χ1n) is 4.98. The Morgan fingerprint density at radius 2 is 1.83 bits per heavy atom. The molecule has 0 aromatic carbocycles. The van der Waals surface area contributed by atoms with Gasteiger partial charge in [-0.1, -0.05) is 27.7 Å². The number of likely N-dealkylation sites (N-methyl/N-ethyl adjacent to an activating group) is 1. The van der Waals surface area contributed by atoms with Gasteiger partial charge >= 0.3 is 0 Å². The van der Waals surface area contributed by atoms with E-state index in [0.29, 0.717) is 5.41 Å². The minimum absolute atomic E-state index is 0.436. The third-order valence-electron chi connectivity index (χ3n) is 2.50. The molecule has 12 heavy (non-hydrogen) atoms. The Morgan fingerprint density at radius 1 is 1.25 bits per heavy atom. The van der Waals surface area contributed by atoms with Crippen LogP contribution in [0.2, 0.25) is 0 Å². The van der Waals surface area contributed by atoms with E-state index in [9.17, 15) is 0 Å². The maximum absolute atomic E-state index is 5.52.